The normalized spacial score (nSPS) is 10.3. The summed E-state index contributed by atoms with van der Waals surface area (Å²) in [5.41, 5.74) is 1.98. The SMILES string of the molecule is CNC(=O)c1c[nH]c(-c2cc(Oc3ccc(NC(C)=O)cc3F)ccn2)c1. The van der Waals surface area contributed by atoms with E-state index < -0.39 is 5.82 Å². The van der Waals surface area contributed by atoms with Crippen molar-refractivity contribution in [3.05, 3.63) is 60.2 Å². The number of nitrogens with one attached hydrogen (secondary N) is 3. The highest BCUT2D eigenvalue weighted by Crippen LogP contribution is 2.28. The van der Waals surface area contributed by atoms with Crippen LogP contribution < -0.4 is 15.4 Å². The minimum absolute atomic E-state index is 0.0128. The summed E-state index contributed by atoms with van der Waals surface area (Å²) >= 11 is 0. The maximum atomic E-state index is 14.2. The summed E-state index contributed by atoms with van der Waals surface area (Å²) in [4.78, 5) is 29.9. The summed E-state index contributed by atoms with van der Waals surface area (Å²) < 4.78 is 19.8. The molecule has 0 saturated heterocycles. The second kappa shape index (κ2) is 7.69. The first kappa shape index (κ1) is 18.1. The van der Waals surface area contributed by atoms with Gasteiger partial charge in [0.2, 0.25) is 5.91 Å². The molecule has 0 aliphatic carbocycles. The van der Waals surface area contributed by atoms with Gasteiger partial charge in [0.1, 0.15) is 5.75 Å². The number of carbonyl (C=O) groups excluding carboxylic acids is 2. The van der Waals surface area contributed by atoms with Crippen molar-refractivity contribution in [3.8, 4) is 22.9 Å². The van der Waals surface area contributed by atoms with Gasteiger partial charge in [-0.1, -0.05) is 0 Å². The standard InChI is InChI=1S/C19H17FN4O3/c1-11(25)24-13-3-4-18(15(20)8-13)27-14-5-6-22-17(9-14)16-7-12(10-23-16)19(26)21-2/h3-10,23H,1-2H3,(H,21,26)(H,24,25). The Kier molecular flexibility index (Phi) is 5.16. The molecule has 2 amide bonds. The maximum absolute atomic E-state index is 14.2. The summed E-state index contributed by atoms with van der Waals surface area (Å²) in [7, 11) is 1.55. The number of halogens is 1. The molecule has 0 spiro atoms. The third-order valence-electron chi connectivity index (χ3n) is 3.66. The van der Waals surface area contributed by atoms with E-state index in [0.29, 0.717) is 28.4 Å². The van der Waals surface area contributed by atoms with E-state index in [1.165, 1.54) is 25.3 Å². The Labute approximate surface area is 154 Å². The van der Waals surface area contributed by atoms with Gasteiger partial charge in [-0.2, -0.15) is 0 Å². The lowest BCUT2D eigenvalue weighted by molar-refractivity contribution is -0.114. The number of rotatable bonds is 5. The molecule has 138 valence electrons. The van der Waals surface area contributed by atoms with Crippen molar-refractivity contribution in [2.24, 2.45) is 0 Å². The number of hydrogen-bond acceptors (Lipinski definition) is 4. The molecule has 0 bridgehead atoms. The zero-order valence-electron chi connectivity index (χ0n) is 14.7. The van der Waals surface area contributed by atoms with E-state index in [0.717, 1.165) is 0 Å². The first-order valence-electron chi connectivity index (χ1n) is 8.08. The lowest BCUT2D eigenvalue weighted by atomic mass is 10.2. The number of amides is 2. The van der Waals surface area contributed by atoms with Crippen LogP contribution in [0.5, 0.6) is 11.5 Å². The molecule has 0 aliphatic rings. The Balaban J connectivity index is 1.81. The number of nitrogens with zero attached hydrogens (tertiary/aromatic N) is 1. The van der Waals surface area contributed by atoms with Crippen molar-refractivity contribution >= 4 is 17.5 Å². The average Bonchev–Trinajstić information content (AvgIpc) is 3.13. The zero-order valence-corrected chi connectivity index (χ0v) is 14.7. The van der Waals surface area contributed by atoms with Gasteiger partial charge in [0.15, 0.2) is 11.6 Å². The maximum Gasteiger partial charge on any atom is 0.252 e. The van der Waals surface area contributed by atoms with Crippen molar-refractivity contribution in [1.29, 1.82) is 0 Å². The van der Waals surface area contributed by atoms with Gasteiger partial charge in [-0.3, -0.25) is 14.6 Å². The van der Waals surface area contributed by atoms with Crippen molar-refractivity contribution in [3.63, 3.8) is 0 Å². The minimum atomic E-state index is -0.610. The number of pyridine rings is 1. The van der Waals surface area contributed by atoms with E-state index in [9.17, 15) is 14.0 Å². The van der Waals surface area contributed by atoms with Crippen LogP contribution in [0.4, 0.5) is 10.1 Å². The van der Waals surface area contributed by atoms with Crippen molar-refractivity contribution in [2.45, 2.75) is 6.92 Å². The number of benzene rings is 1. The molecule has 2 heterocycles. The van der Waals surface area contributed by atoms with Gasteiger partial charge < -0.3 is 20.4 Å². The topological polar surface area (TPSA) is 96.1 Å². The van der Waals surface area contributed by atoms with Crippen molar-refractivity contribution in [1.82, 2.24) is 15.3 Å². The molecule has 0 aliphatic heterocycles. The van der Waals surface area contributed by atoms with E-state index in [4.69, 9.17) is 4.74 Å². The molecular formula is C19H17FN4O3. The fourth-order valence-electron chi connectivity index (χ4n) is 2.43. The van der Waals surface area contributed by atoms with Crippen LogP contribution in [0.1, 0.15) is 17.3 Å². The summed E-state index contributed by atoms with van der Waals surface area (Å²) in [6.45, 7) is 1.34. The largest absolute Gasteiger partial charge is 0.454 e. The number of H-pyrrole nitrogens is 1. The van der Waals surface area contributed by atoms with E-state index in [2.05, 4.69) is 20.6 Å². The molecule has 0 saturated carbocycles. The number of anilines is 1. The first-order valence-corrected chi connectivity index (χ1v) is 8.08. The zero-order chi connectivity index (χ0) is 19.4. The van der Waals surface area contributed by atoms with Crippen molar-refractivity contribution in [2.75, 3.05) is 12.4 Å². The minimum Gasteiger partial charge on any atom is -0.454 e. The van der Waals surface area contributed by atoms with Gasteiger partial charge >= 0.3 is 0 Å². The molecular weight excluding hydrogens is 351 g/mol. The third kappa shape index (κ3) is 4.30. The molecule has 0 radical (unpaired) electrons. The Morgan fingerprint density at radius 3 is 2.70 bits per heavy atom. The van der Waals surface area contributed by atoms with Crippen LogP contribution in [-0.2, 0) is 4.79 Å². The average molecular weight is 368 g/mol. The summed E-state index contributed by atoms with van der Waals surface area (Å²) in [6, 6.07) is 9.03. The van der Waals surface area contributed by atoms with Gasteiger partial charge in [-0.15, -0.1) is 0 Å². The first-order chi connectivity index (χ1) is 13.0. The van der Waals surface area contributed by atoms with Crippen LogP contribution in [0, 0.1) is 5.82 Å². The monoisotopic (exact) mass is 368 g/mol. The number of carbonyl (C=O) groups is 2. The summed E-state index contributed by atoms with van der Waals surface area (Å²) in [5, 5.41) is 5.04. The predicted molar refractivity (Wildman–Crippen MR) is 98.2 cm³/mol. The molecule has 27 heavy (non-hydrogen) atoms. The lowest BCUT2D eigenvalue weighted by Crippen LogP contribution is -2.16. The van der Waals surface area contributed by atoms with Gasteiger partial charge in [0, 0.05) is 44.2 Å². The molecule has 8 heteroatoms. The molecule has 1 aromatic carbocycles. The Morgan fingerprint density at radius 1 is 1.19 bits per heavy atom. The van der Waals surface area contributed by atoms with Crippen LogP contribution in [0.15, 0.2) is 48.8 Å². The van der Waals surface area contributed by atoms with Gasteiger partial charge in [0.05, 0.1) is 17.0 Å². The number of aromatic nitrogens is 2. The van der Waals surface area contributed by atoms with Gasteiger partial charge in [0.25, 0.3) is 5.91 Å². The van der Waals surface area contributed by atoms with Crippen molar-refractivity contribution < 1.29 is 18.7 Å². The van der Waals surface area contributed by atoms with E-state index in [1.807, 2.05) is 0 Å². The Bertz CT molecular complexity index is 1000. The number of ether oxygens (including phenoxy) is 1. The van der Waals surface area contributed by atoms with Gasteiger partial charge in [-0.05, 0) is 24.3 Å². The quantitative estimate of drug-likeness (QED) is 0.644. The summed E-state index contributed by atoms with van der Waals surface area (Å²) in [6.07, 6.45) is 3.10. The molecule has 0 atom stereocenters. The van der Waals surface area contributed by atoms with Crippen LogP contribution in [0.3, 0.4) is 0 Å². The van der Waals surface area contributed by atoms with Gasteiger partial charge in [-0.25, -0.2) is 4.39 Å². The van der Waals surface area contributed by atoms with E-state index >= 15 is 0 Å². The Morgan fingerprint density at radius 2 is 2.00 bits per heavy atom. The fourth-order valence-corrected chi connectivity index (χ4v) is 2.43. The summed E-state index contributed by atoms with van der Waals surface area (Å²) in [5.74, 6) is -0.724. The molecule has 7 nitrogen and oxygen atoms in total. The third-order valence-corrected chi connectivity index (χ3v) is 3.66. The van der Waals surface area contributed by atoms with Crippen LogP contribution >= 0.6 is 0 Å². The Hall–Kier alpha value is -3.68. The lowest BCUT2D eigenvalue weighted by Gasteiger charge is -2.09. The predicted octanol–water partition coefficient (Wildman–Crippen LogP) is 3.33. The molecule has 3 N–H and O–H groups in total. The van der Waals surface area contributed by atoms with E-state index in [-0.39, 0.29) is 17.6 Å². The highest BCUT2D eigenvalue weighted by molar-refractivity contribution is 5.95. The molecule has 3 aromatic rings. The second-order valence-electron chi connectivity index (χ2n) is 5.69. The van der Waals surface area contributed by atoms with E-state index in [1.54, 1.807) is 37.5 Å². The highest BCUT2D eigenvalue weighted by Gasteiger charge is 2.11. The molecule has 3 rings (SSSR count). The smallest absolute Gasteiger partial charge is 0.252 e. The molecule has 0 fully saturated rings. The van der Waals surface area contributed by atoms with Crippen LogP contribution in [0.2, 0.25) is 0 Å². The molecule has 2 aromatic heterocycles. The fraction of sp³-hybridized carbons (Fsp3) is 0.105. The number of hydrogen-bond donors (Lipinski definition) is 3. The van der Waals surface area contributed by atoms with Crippen LogP contribution in [0.25, 0.3) is 11.4 Å². The molecule has 0 unspecified atom stereocenters. The second-order valence-corrected chi connectivity index (χ2v) is 5.69. The highest BCUT2D eigenvalue weighted by atomic mass is 19.1. The van der Waals surface area contributed by atoms with Crippen LogP contribution in [-0.4, -0.2) is 28.8 Å². The number of aromatic amines is 1.